The van der Waals surface area contributed by atoms with Gasteiger partial charge in [0, 0.05) is 12.5 Å². The lowest BCUT2D eigenvalue weighted by Crippen LogP contribution is -2.26. The predicted molar refractivity (Wildman–Crippen MR) is 60.7 cm³/mol. The molecule has 0 spiro atoms. The van der Waals surface area contributed by atoms with Crippen molar-refractivity contribution in [2.75, 3.05) is 13.1 Å². The summed E-state index contributed by atoms with van der Waals surface area (Å²) in [5.74, 6) is -0.609. The van der Waals surface area contributed by atoms with Crippen LogP contribution in [0.5, 0.6) is 0 Å². The maximum Gasteiger partial charge on any atom is 0.150 e. The van der Waals surface area contributed by atoms with E-state index in [-0.39, 0.29) is 18.7 Å². The largest absolute Gasteiger partial charge is 0.310 e. The highest BCUT2D eigenvalue weighted by Gasteiger charge is 2.20. The number of Topliss-reactive ketones (excluding diaryl/α,β-unsaturated/α-hetero) is 1. The maximum absolute atomic E-state index is 12.9. The van der Waals surface area contributed by atoms with Gasteiger partial charge in [-0.15, -0.1) is 0 Å². The average molecular weight is 239 g/mol. The number of hydrogen-bond donors (Lipinski definition) is 1. The third-order valence-electron chi connectivity index (χ3n) is 2.78. The molecule has 0 amide bonds. The van der Waals surface area contributed by atoms with Crippen molar-refractivity contribution >= 4 is 5.78 Å². The molecule has 92 valence electrons. The second-order valence-electron chi connectivity index (χ2n) is 4.57. The van der Waals surface area contributed by atoms with Crippen LogP contribution in [0.2, 0.25) is 0 Å². The zero-order chi connectivity index (χ0) is 12.3. The van der Waals surface area contributed by atoms with Gasteiger partial charge in [0.05, 0.1) is 6.54 Å². The fourth-order valence-corrected chi connectivity index (χ4v) is 1.74. The molecule has 1 N–H and O–H groups in total. The van der Waals surface area contributed by atoms with E-state index in [4.69, 9.17) is 0 Å². The van der Waals surface area contributed by atoms with Crippen molar-refractivity contribution in [3.05, 3.63) is 35.4 Å². The molecule has 2 nitrogen and oxygen atoms in total. The molecule has 0 unspecified atom stereocenters. The SMILES string of the molecule is O=C(CNCC1CC1)Cc1cc(F)cc(F)c1. The van der Waals surface area contributed by atoms with Gasteiger partial charge in [0.25, 0.3) is 0 Å². The second-order valence-corrected chi connectivity index (χ2v) is 4.57. The number of carbonyl (C=O) groups excluding carboxylic acids is 1. The molecule has 0 saturated heterocycles. The maximum atomic E-state index is 12.9. The summed E-state index contributed by atoms with van der Waals surface area (Å²) in [6, 6.07) is 3.20. The van der Waals surface area contributed by atoms with Crippen molar-refractivity contribution in [3.63, 3.8) is 0 Å². The highest BCUT2D eigenvalue weighted by Crippen LogP contribution is 2.27. The number of hydrogen-bond acceptors (Lipinski definition) is 2. The summed E-state index contributed by atoms with van der Waals surface area (Å²) < 4.78 is 25.8. The molecule has 0 aromatic heterocycles. The summed E-state index contributed by atoms with van der Waals surface area (Å²) in [7, 11) is 0. The van der Waals surface area contributed by atoms with E-state index in [1.165, 1.54) is 25.0 Å². The number of benzene rings is 1. The van der Waals surface area contributed by atoms with Crippen molar-refractivity contribution in [2.45, 2.75) is 19.3 Å². The number of nitrogens with one attached hydrogen (secondary N) is 1. The topological polar surface area (TPSA) is 29.1 Å². The van der Waals surface area contributed by atoms with Gasteiger partial charge < -0.3 is 5.32 Å². The monoisotopic (exact) mass is 239 g/mol. The summed E-state index contributed by atoms with van der Waals surface area (Å²) in [4.78, 5) is 11.5. The van der Waals surface area contributed by atoms with E-state index in [2.05, 4.69) is 5.32 Å². The van der Waals surface area contributed by atoms with Gasteiger partial charge in [-0.2, -0.15) is 0 Å². The first-order chi connectivity index (χ1) is 8.13. The predicted octanol–water partition coefficient (Wildman–Crippen LogP) is 2.08. The first-order valence-corrected chi connectivity index (χ1v) is 5.81. The number of carbonyl (C=O) groups is 1. The van der Waals surface area contributed by atoms with E-state index >= 15 is 0 Å². The summed E-state index contributed by atoms with van der Waals surface area (Å²) in [5, 5.41) is 3.06. The minimum atomic E-state index is -0.640. The fourth-order valence-electron chi connectivity index (χ4n) is 1.74. The van der Waals surface area contributed by atoms with Crippen LogP contribution in [0, 0.1) is 17.6 Å². The van der Waals surface area contributed by atoms with Crippen LogP contribution in [0.15, 0.2) is 18.2 Å². The van der Waals surface area contributed by atoms with Crippen LogP contribution in [0.3, 0.4) is 0 Å². The van der Waals surface area contributed by atoms with E-state index in [1.807, 2.05) is 0 Å². The Hall–Kier alpha value is -1.29. The number of ketones is 1. The van der Waals surface area contributed by atoms with Gasteiger partial charge >= 0.3 is 0 Å². The van der Waals surface area contributed by atoms with E-state index in [0.29, 0.717) is 5.56 Å². The molecule has 0 atom stereocenters. The third kappa shape index (κ3) is 4.23. The zero-order valence-corrected chi connectivity index (χ0v) is 9.51. The minimum absolute atomic E-state index is 0.0457. The van der Waals surface area contributed by atoms with Gasteiger partial charge in [0.1, 0.15) is 11.6 Å². The van der Waals surface area contributed by atoms with Gasteiger partial charge in [-0.3, -0.25) is 4.79 Å². The molecule has 1 aromatic carbocycles. The van der Waals surface area contributed by atoms with Crippen molar-refractivity contribution in [2.24, 2.45) is 5.92 Å². The summed E-state index contributed by atoms with van der Waals surface area (Å²) in [5.41, 5.74) is 0.390. The van der Waals surface area contributed by atoms with Crippen molar-refractivity contribution < 1.29 is 13.6 Å². The van der Waals surface area contributed by atoms with Gasteiger partial charge in [-0.05, 0) is 43.0 Å². The number of rotatable bonds is 6. The molecule has 2 rings (SSSR count). The van der Waals surface area contributed by atoms with Crippen molar-refractivity contribution in [1.82, 2.24) is 5.32 Å². The van der Waals surface area contributed by atoms with E-state index in [9.17, 15) is 13.6 Å². The van der Waals surface area contributed by atoms with Gasteiger partial charge in [0.15, 0.2) is 5.78 Å². The number of halogens is 2. The molecule has 1 fully saturated rings. The Bertz CT molecular complexity index is 396. The lowest BCUT2D eigenvalue weighted by Gasteiger charge is -2.04. The van der Waals surface area contributed by atoms with Crippen LogP contribution in [0.25, 0.3) is 0 Å². The Kier molecular flexibility index (Phi) is 3.84. The molecule has 1 saturated carbocycles. The van der Waals surface area contributed by atoms with Crippen LogP contribution in [-0.4, -0.2) is 18.9 Å². The minimum Gasteiger partial charge on any atom is -0.310 e. The second kappa shape index (κ2) is 5.36. The zero-order valence-electron chi connectivity index (χ0n) is 9.51. The average Bonchev–Trinajstić information content (AvgIpc) is 2.99. The van der Waals surface area contributed by atoms with E-state index in [1.54, 1.807) is 0 Å². The molecule has 0 radical (unpaired) electrons. The summed E-state index contributed by atoms with van der Waals surface area (Å²) >= 11 is 0. The van der Waals surface area contributed by atoms with Crippen LogP contribution >= 0.6 is 0 Å². The molecule has 0 bridgehead atoms. The lowest BCUT2D eigenvalue weighted by molar-refractivity contribution is -0.117. The van der Waals surface area contributed by atoms with E-state index in [0.717, 1.165) is 18.5 Å². The Morgan fingerprint density at radius 2 is 1.88 bits per heavy atom. The Morgan fingerprint density at radius 3 is 2.47 bits per heavy atom. The third-order valence-corrected chi connectivity index (χ3v) is 2.78. The van der Waals surface area contributed by atoms with Gasteiger partial charge in [-0.1, -0.05) is 0 Å². The molecule has 1 aromatic rings. The van der Waals surface area contributed by atoms with E-state index < -0.39 is 11.6 Å². The molecule has 0 aliphatic heterocycles. The lowest BCUT2D eigenvalue weighted by atomic mass is 10.1. The molecule has 4 heteroatoms. The fraction of sp³-hybridized carbons (Fsp3) is 0.462. The molecular weight excluding hydrogens is 224 g/mol. The van der Waals surface area contributed by atoms with Gasteiger partial charge in [-0.25, -0.2) is 8.78 Å². The van der Waals surface area contributed by atoms with Gasteiger partial charge in [0.2, 0.25) is 0 Å². The highest BCUT2D eigenvalue weighted by atomic mass is 19.1. The first kappa shape index (κ1) is 12.2. The molecule has 1 aliphatic rings. The highest BCUT2D eigenvalue weighted by molar-refractivity contribution is 5.82. The standard InChI is InChI=1S/C13H15F2NO/c14-11-3-10(4-12(15)6-11)5-13(17)8-16-7-9-1-2-9/h3-4,6,9,16H,1-2,5,7-8H2. The molecule has 0 heterocycles. The summed E-state index contributed by atoms with van der Waals surface area (Å²) in [6.45, 7) is 1.14. The molecule has 1 aliphatic carbocycles. The van der Waals surface area contributed by atoms with Crippen molar-refractivity contribution in [3.8, 4) is 0 Å². The Morgan fingerprint density at radius 1 is 1.24 bits per heavy atom. The smallest absolute Gasteiger partial charge is 0.150 e. The van der Waals surface area contributed by atoms with Crippen LogP contribution in [0.4, 0.5) is 8.78 Å². The summed E-state index contributed by atoms with van der Waals surface area (Å²) in [6.07, 6.45) is 2.54. The van der Waals surface area contributed by atoms with Crippen LogP contribution in [-0.2, 0) is 11.2 Å². The van der Waals surface area contributed by atoms with Crippen LogP contribution < -0.4 is 5.32 Å². The van der Waals surface area contributed by atoms with Crippen molar-refractivity contribution in [1.29, 1.82) is 0 Å². The molecular formula is C13H15F2NO. The first-order valence-electron chi connectivity index (χ1n) is 5.81. The normalized spacial score (nSPS) is 14.9. The molecule has 17 heavy (non-hydrogen) atoms. The Labute approximate surface area is 99.0 Å². The van der Waals surface area contributed by atoms with Crippen LogP contribution in [0.1, 0.15) is 18.4 Å². The Balaban J connectivity index is 1.79. The quantitative estimate of drug-likeness (QED) is 0.823.